The Morgan fingerprint density at radius 3 is 2.42 bits per heavy atom. The van der Waals surface area contributed by atoms with Gasteiger partial charge in [0.25, 0.3) is 0 Å². The van der Waals surface area contributed by atoms with Crippen LogP contribution in [0.2, 0.25) is 0 Å². The maximum Gasteiger partial charge on any atom is 0.0954 e. The normalized spacial score (nSPS) is 10.4. The summed E-state index contributed by atoms with van der Waals surface area (Å²) in [6.45, 7) is 7.58. The zero-order chi connectivity index (χ0) is 9.56. The molecule has 0 aromatic carbocycles. The van der Waals surface area contributed by atoms with E-state index in [1.807, 2.05) is 7.05 Å². The third-order valence-electron chi connectivity index (χ3n) is 1.99. The highest BCUT2D eigenvalue weighted by Gasteiger charge is 2.03. The molecule has 0 atom stereocenters. The van der Waals surface area contributed by atoms with E-state index in [0.717, 1.165) is 31.1 Å². The molecule has 0 aromatic rings. The molecule has 0 saturated carbocycles. The minimum Gasteiger partial charge on any atom is -0.364 e. The molecule has 12 heavy (non-hydrogen) atoms. The van der Waals surface area contributed by atoms with Crippen LogP contribution in [-0.2, 0) is 0 Å². The van der Waals surface area contributed by atoms with Gasteiger partial charge in [-0.15, -0.1) is 0 Å². The quantitative estimate of drug-likeness (QED) is 0.498. The second-order valence-electron chi connectivity index (χ2n) is 3.80. The Bertz CT molecular complexity index is 130. The predicted octanol–water partition coefficient (Wildman–Crippen LogP) is 2.74. The largest absolute Gasteiger partial charge is 0.364 e. The zero-order valence-corrected chi connectivity index (χ0v) is 8.85. The Kier molecular flexibility index (Phi) is 5.77. The van der Waals surface area contributed by atoms with E-state index in [-0.39, 0.29) is 0 Å². The summed E-state index contributed by atoms with van der Waals surface area (Å²) in [6.07, 6.45) is 3.17. The van der Waals surface area contributed by atoms with Crippen molar-refractivity contribution in [1.82, 2.24) is 4.90 Å². The number of nitrogens with zero attached hydrogens (tertiary/aromatic N) is 1. The van der Waals surface area contributed by atoms with Crippen LogP contribution in [-0.4, -0.2) is 24.3 Å². The zero-order valence-electron chi connectivity index (χ0n) is 8.85. The summed E-state index contributed by atoms with van der Waals surface area (Å²) in [4.78, 5) is 2.06. The van der Waals surface area contributed by atoms with Crippen molar-refractivity contribution in [3.63, 3.8) is 0 Å². The first-order valence-electron chi connectivity index (χ1n) is 4.86. The third-order valence-corrected chi connectivity index (χ3v) is 1.99. The van der Waals surface area contributed by atoms with E-state index in [0.29, 0.717) is 0 Å². The van der Waals surface area contributed by atoms with Gasteiger partial charge in [-0.05, 0) is 18.8 Å². The summed E-state index contributed by atoms with van der Waals surface area (Å²) in [5.41, 5.74) is 0. The van der Waals surface area contributed by atoms with E-state index in [9.17, 15) is 0 Å². The molecule has 0 fully saturated rings. The molecule has 0 radical (unpaired) electrons. The lowest BCUT2D eigenvalue weighted by molar-refractivity contribution is 0.427. The lowest BCUT2D eigenvalue weighted by atomic mass is 10.1. The third kappa shape index (κ3) is 5.16. The molecule has 0 heterocycles. The molecule has 0 bridgehead atoms. The molecule has 1 N–H and O–H groups in total. The first-order chi connectivity index (χ1) is 5.57. The summed E-state index contributed by atoms with van der Waals surface area (Å²) in [5, 5.41) is 7.66. The molecular formula is C10H22N2. The summed E-state index contributed by atoms with van der Waals surface area (Å²) >= 11 is 0. The predicted molar refractivity (Wildman–Crippen MR) is 54.7 cm³/mol. The summed E-state index contributed by atoms with van der Waals surface area (Å²) in [7, 11) is 2.01. The molecule has 0 unspecified atom stereocenters. The van der Waals surface area contributed by atoms with E-state index >= 15 is 0 Å². The van der Waals surface area contributed by atoms with Gasteiger partial charge in [0.05, 0.1) is 5.84 Å². The van der Waals surface area contributed by atoms with Crippen LogP contribution >= 0.6 is 0 Å². The minimum atomic E-state index is 0.738. The molecule has 2 heteroatoms. The van der Waals surface area contributed by atoms with Crippen molar-refractivity contribution in [3.05, 3.63) is 0 Å². The molecule has 0 aliphatic rings. The smallest absolute Gasteiger partial charge is 0.0954 e. The van der Waals surface area contributed by atoms with Crippen molar-refractivity contribution in [1.29, 1.82) is 5.41 Å². The topological polar surface area (TPSA) is 27.1 Å². The highest BCUT2D eigenvalue weighted by atomic mass is 15.1. The van der Waals surface area contributed by atoms with Crippen LogP contribution in [0.4, 0.5) is 0 Å². The van der Waals surface area contributed by atoms with Gasteiger partial charge in [0.1, 0.15) is 0 Å². The standard InChI is InChI=1S/C10H22N2/c1-5-6-10(11)12(4)8-7-9(2)3/h9,11H,5-8H2,1-4H3. The van der Waals surface area contributed by atoms with E-state index in [4.69, 9.17) is 5.41 Å². The van der Waals surface area contributed by atoms with Crippen LogP contribution in [0.1, 0.15) is 40.0 Å². The monoisotopic (exact) mass is 170 g/mol. The highest BCUT2D eigenvalue weighted by Crippen LogP contribution is 2.02. The van der Waals surface area contributed by atoms with Crippen LogP contribution < -0.4 is 0 Å². The fourth-order valence-electron chi connectivity index (χ4n) is 1.01. The molecule has 72 valence electrons. The fourth-order valence-corrected chi connectivity index (χ4v) is 1.01. The Labute approximate surface area is 76.5 Å². The molecule has 0 rings (SSSR count). The molecule has 0 aliphatic carbocycles. The maximum atomic E-state index is 7.66. The first-order valence-corrected chi connectivity index (χ1v) is 4.86. The van der Waals surface area contributed by atoms with Crippen LogP contribution in [0.25, 0.3) is 0 Å². The van der Waals surface area contributed by atoms with Crippen molar-refractivity contribution >= 4 is 5.84 Å². The van der Waals surface area contributed by atoms with E-state index in [1.54, 1.807) is 0 Å². The average molecular weight is 170 g/mol. The van der Waals surface area contributed by atoms with Gasteiger partial charge in [0, 0.05) is 20.0 Å². The van der Waals surface area contributed by atoms with E-state index < -0.39 is 0 Å². The van der Waals surface area contributed by atoms with E-state index in [2.05, 4.69) is 25.7 Å². The molecule has 0 aliphatic heterocycles. The first kappa shape index (κ1) is 11.5. The van der Waals surface area contributed by atoms with Crippen molar-refractivity contribution in [2.75, 3.05) is 13.6 Å². The number of hydrogen-bond donors (Lipinski definition) is 1. The Balaban J connectivity index is 3.56. The molecular weight excluding hydrogens is 148 g/mol. The van der Waals surface area contributed by atoms with Crippen LogP contribution in [0.3, 0.4) is 0 Å². The molecule has 0 aromatic heterocycles. The van der Waals surface area contributed by atoms with Gasteiger partial charge >= 0.3 is 0 Å². The second kappa shape index (κ2) is 6.04. The van der Waals surface area contributed by atoms with Crippen molar-refractivity contribution in [3.8, 4) is 0 Å². The number of nitrogens with one attached hydrogen (secondary N) is 1. The summed E-state index contributed by atoms with van der Waals surface area (Å²) < 4.78 is 0. The molecule has 2 nitrogen and oxygen atoms in total. The number of hydrogen-bond acceptors (Lipinski definition) is 1. The van der Waals surface area contributed by atoms with Crippen molar-refractivity contribution in [2.45, 2.75) is 40.0 Å². The van der Waals surface area contributed by atoms with Gasteiger partial charge < -0.3 is 4.90 Å². The SMILES string of the molecule is CCCC(=N)N(C)CCC(C)C. The summed E-state index contributed by atoms with van der Waals surface area (Å²) in [5.74, 6) is 1.51. The highest BCUT2D eigenvalue weighted by molar-refractivity contribution is 5.78. The fraction of sp³-hybridized carbons (Fsp3) is 0.900. The number of amidine groups is 1. The van der Waals surface area contributed by atoms with Gasteiger partial charge in [-0.1, -0.05) is 20.8 Å². The van der Waals surface area contributed by atoms with Crippen molar-refractivity contribution < 1.29 is 0 Å². The maximum absolute atomic E-state index is 7.66. The molecule has 0 saturated heterocycles. The Morgan fingerprint density at radius 2 is 2.00 bits per heavy atom. The lowest BCUT2D eigenvalue weighted by Gasteiger charge is -2.20. The lowest BCUT2D eigenvalue weighted by Crippen LogP contribution is -2.27. The molecule has 0 spiro atoms. The van der Waals surface area contributed by atoms with Crippen LogP contribution in [0.15, 0.2) is 0 Å². The van der Waals surface area contributed by atoms with Crippen LogP contribution in [0, 0.1) is 11.3 Å². The van der Waals surface area contributed by atoms with Crippen molar-refractivity contribution in [2.24, 2.45) is 5.92 Å². The van der Waals surface area contributed by atoms with Gasteiger partial charge in [-0.2, -0.15) is 0 Å². The molecule has 0 amide bonds. The van der Waals surface area contributed by atoms with Crippen LogP contribution in [0.5, 0.6) is 0 Å². The van der Waals surface area contributed by atoms with Gasteiger partial charge in [-0.25, -0.2) is 0 Å². The number of rotatable bonds is 5. The van der Waals surface area contributed by atoms with Gasteiger partial charge in [0.15, 0.2) is 0 Å². The average Bonchev–Trinajstić information content (AvgIpc) is 2.00. The van der Waals surface area contributed by atoms with Gasteiger partial charge in [-0.3, -0.25) is 5.41 Å². The Morgan fingerprint density at radius 1 is 1.42 bits per heavy atom. The minimum absolute atomic E-state index is 0.738. The van der Waals surface area contributed by atoms with E-state index in [1.165, 1.54) is 6.42 Å². The second-order valence-corrected chi connectivity index (χ2v) is 3.80. The summed E-state index contributed by atoms with van der Waals surface area (Å²) in [6, 6.07) is 0. The van der Waals surface area contributed by atoms with Gasteiger partial charge in [0.2, 0.25) is 0 Å². The Hall–Kier alpha value is -0.530.